The molecule has 2 N–H and O–H groups in total. The van der Waals surface area contributed by atoms with Crippen LogP contribution < -0.4 is 15.4 Å². The lowest BCUT2D eigenvalue weighted by Crippen LogP contribution is -2.10. The second-order valence-electron chi connectivity index (χ2n) is 6.43. The maximum atomic E-state index is 11.7. The molecule has 0 spiro atoms. The molecule has 8 nitrogen and oxygen atoms in total. The Kier molecular flexibility index (Phi) is 6.65. The van der Waals surface area contributed by atoms with E-state index in [2.05, 4.69) is 26.7 Å². The zero-order valence-corrected chi connectivity index (χ0v) is 16.3. The number of halogens is 1. The van der Waals surface area contributed by atoms with Crippen molar-refractivity contribution in [2.45, 2.75) is 32.1 Å². The van der Waals surface area contributed by atoms with Crippen LogP contribution in [0.25, 0.3) is 0 Å². The molecule has 2 aromatic rings. The largest absolute Gasteiger partial charge is 0.495 e. The lowest BCUT2D eigenvalue weighted by molar-refractivity contribution is -0.383. The maximum absolute atomic E-state index is 11.7. The molecule has 3 rings (SSSR count). The van der Waals surface area contributed by atoms with Gasteiger partial charge in [-0.25, -0.2) is 9.97 Å². The van der Waals surface area contributed by atoms with Gasteiger partial charge in [-0.1, -0.05) is 23.3 Å². The zero-order chi connectivity index (χ0) is 19.9. The van der Waals surface area contributed by atoms with Gasteiger partial charge in [0.05, 0.1) is 17.7 Å². The number of methoxy groups -OCH3 is 1. The summed E-state index contributed by atoms with van der Waals surface area (Å²) in [6.07, 6.45) is 9.03. The number of hydrogen-bond donors (Lipinski definition) is 2. The number of hydrogen-bond acceptors (Lipinski definition) is 7. The highest BCUT2D eigenvalue weighted by Crippen LogP contribution is 2.35. The number of aromatic nitrogens is 2. The van der Waals surface area contributed by atoms with Gasteiger partial charge in [0.25, 0.3) is 0 Å². The molecule has 0 bridgehead atoms. The van der Waals surface area contributed by atoms with E-state index in [1.807, 2.05) is 0 Å². The van der Waals surface area contributed by atoms with Gasteiger partial charge in [-0.15, -0.1) is 0 Å². The van der Waals surface area contributed by atoms with Crippen LogP contribution >= 0.6 is 11.6 Å². The van der Waals surface area contributed by atoms with Crippen LogP contribution in [0.3, 0.4) is 0 Å². The monoisotopic (exact) mass is 403 g/mol. The Balaban J connectivity index is 1.80. The Labute approximate surface area is 168 Å². The van der Waals surface area contributed by atoms with Crippen molar-refractivity contribution in [2.24, 2.45) is 0 Å². The van der Waals surface area contributed by atoms with Gasteiger partial charge >= 0.3 is 5.69 Å². The van der Waals surface area contributed by atoms with Crippen molar-refractivity contribution in [3.8, 4) is 5.75 Å². The third kappa shape index (κ3) is 4.89. The molecule has 28 heavy (non-hydrogen) atoms. The van der Waals surface area contributed by atoms with E-state index >= 15 is 0 Å². The Morgan fingerprint density at radius 3 is 2.82 bits per heavy atom. The summed E-state index contributed by atoms with van der Waals surface area (Å²) in [6, 6.07) is 4.97. The van der Waals surface area contributed by atoms with E-state index in [1.165, 1.54) is 31.9 Å². The van der Waals surface area contributed by atoms with Crippen LogP contribution in [0.5, 0.6) is 5.75 Å². The molecule has 0 saturated heterocycles. The highest BCUT2D eigenvalue weighted by Gasteiger charge is 2.24. The number of benzene rings is 1. The second-order valence-corrected chi connectivity index (χ2v) is 6.87. The molecule has 1 aliphatic rings. The molecule has 1 aliphatic carbocycles. The Morgan fingerprint density at radius 1 is 1.29 bits per heavy atom. The number of allylic oxidation sites excluding steroid dienone is 1. The third-order valence-corrected chi connectivity index (χ3v) is 4.78. The summed E-state index contributed by atoms with van der Waals surface area (Å²) in [7, 11) is 1.51. The molecule has 0 fully saturated rings. The summed E-state index contributed by atoms with van der Waals surface area (Å²) in [5.74, 6) is 0.746. The highest BCUT2D eigenvalue weighted by molar-refractivity contribution is 6.31. The average Bonchev–Trinajstić information content (AvgIpc) is 2.69. The van der Waals surface area contributed by atoms with Gasteiger partial charge < -0.3 is 15.4 Å². The van der Waals surface area contributed by atoms with Gasteiger partial charge in [0, 0.05) is 11.6 Å². The van der Waals surface area contributed by atoms with Gasteiger partial charge in [0.15, 0.2) is 0 Å². The normalized spacial score (nSPS) is 13.6. The van der Waals surface area contributed by atoms with Crippen LogP contribution in [0, 0.1) is 10.1 Å². The van der Waals surface area contributed by atoms with Gasteiger partial charge in [-0.05, 0) is 50.3 Å². The fraction of sp³-hybridized carbons (Fsp3) is 0.368. The van der Waals surface area contributed by atoms with Crippen molar-refractivity contribution in [3.63, 3.8) is 0 Å². The zero-order valence-electron chi connectivity index (χ0n) is 15.6. The molecular weight excluding hydrogens is 382 g/mol. The third-order valence-electron chi connectivity index (χ3n) is 4.54. The summed E-state index contributed by atoms with van der Waals surface area (Å²) in [5, 5.41) is 18.2. The quantitative estimate of drug-likeness (QED) is 0.359. The lowest BCUT2D eigenvalue weighted by atomic mass is 9.97. The second kappa shape index (κ2) is 9.36. The minimum atomic E-state index is -0.498. The van der Waals surface area contributed by atoms with Crippen molar-refractivity contribution >= 4 is 34.6 Å². The number of ether oxygens (including phenoxy) is 1. The van der Waals surface area contributed by atoms with Crippen LogP contribution in [0.4, 0.5) is 23.0 Å². The van der Waals surface area contributed by atoms with Crippen molar-refractivity contribution in [2.75, 3.05) is 24.3 Å². The summed E-state index contributed by atoms with van der Waals surface area (Å²) in [5.41, 5.74) is 1.65. The van der Waals surface area contributed by atoms with E-state index in [0.717, 1.165) is 19.3 Å². The van der Waals surface area contributed by atoms with Crippen molar-refractivity contribution < 1.29 is 9.66 Å². The highest BCUT2D eigenvalue weighted by atomic mass is 35.5. The van der Waals surface area contributed by atoms with E-state index in [1.54, 1.807) is 18.2 Å². The molecule has 0 aliphatic heterocycles. The van der Waals surface area contributed by atoms with Gasteiger partial charge in [0.2, 0.25) is 11.6 Å². The van der Waals surface area contributed by atoms with Crippen molar-refractivity contribution in [3.05, 3.63) is 51.3 Å². The first-order valence-electron chi connectivity index (χ1n) is 9.10. The summed E-state index contributed by atoms with van der Waals surface area (Å²) < 4.78 is 5.28. The molecule has 148 valence electrons. The smallest absolute Gasteiger partial charge is 0.353 e. The number of nitro groups is 1. The fourth-order valence-electron chi connectivity index (χ4n) is 3.15. The number of rotatable bonds is 8. The van der Waals surface area contributed by atoms with Crippen molar-refractivity contribution in [1.29, 1.82) is 0 Å². The van der Waals surface area contributed by atoms with E-state index in [-0.39, 0.29) is 17.3 Å². The van der Waals surface area contributed by atoms with E-state index in [4.69, 9.17) is 16.3 Å². The van der Waals surface area contributed by atoms with Crippen LogP contribution in [0.1, 0.15) is 32.1 Å². The first-order valence-corrected chi connectivity index (χ1v) is 9.48. The molecule has 0 radical (unpaired) electrons. The van der Waals surface area contributed by atoms with Gasteiger partial charge in [-0.3, -0.25) is 10.1 Å². The van der Waals surface area contributed by atoms with E-state index < -0.39 is 4.92 Å². The predicted molar refractivity (Wildman–Crippen MR) is 110 cm³/mol. The maximum Gasteiger partial charge on any atom is 0.353 e. The van der Waals surface area contributed by atoms with Gasteiger partial charge in [0.1, 0.15) is 12.1 Å². The number of nitrogens with one attached hydrogen (secondary N) is 2. The number of anilines is 3. The fourth-order valence-corrected chi connectivity index (χ4v) is 3.32. The van der Waals surface area contributed by atoms with E-state index in [0.29, 0.717) is 23.0 Å². The molecule has 0 unspecified atom stereocenters. The molecule has 1 aromatic carbocycles. The molecule has 0 amide bonds. The molecular formula is C19H22ClN5O3. The predicted octanol–water partition coefficient (Wildman–Crippen LogP) is 5.09. The number of nitrogens with zero attached hydrogens (tertiary/aromatic N) is 3. The van der Waals surface area contributed by atoms with Crippen molar-refractivity contribution in [1.82, 2.24) is 9.97 Å². The van der Waals surface area contributed by atoms with Crippen LogP contribution in [0.2, 0.25) is 5.02 Å². The Morgan fingerprint density at radius 2 is 2.11 bits per heavy atom. The average molecular weight is 404 g/mol. The Hall–Kier alpha value is -2.87. The molecule has 1 aromatic heterocycles. The van der Waals surface area contributed by atoms with Crippen LogP contribution in [0.15, 0.2) is 36.2 Å². The molecule has 1 heterocycles. The Bertz CT molecular complexity index is 888. The first kappa shape index (κ1) is 19.9. The molecule has 9 heteroatoms. The summed E-state index contributed by atoms with van der Waals surface area (Å²) in [6.45, 7) is 0.573. The standard InChI is InChI=1S/C19H22ClN5O3/c1-28-16-8-7-14(20)11-15(16)24-19-17(25(26)27)18(22-12-23-19)21-10-9-13-5-3-2-4-6-13/h5,7-8,11-12H,2-4,6,9-10H2,1H3,(H2,21,22,23,24). The molecule has 0 saturated carbocycles. The topological polar surface area (TPSA) is 102 Å². The SMILES string of the molecule is COc1ccc(Cl)cc1Nc1ncnc(NCCC2=CCCCC2)c1[N+](=O)[O-]. The minimum absolute atomic E-state index is 0.0694. The first-order chi connectivity index (χ1) is 13.6. The van der Waals surface area contributed by atoms with Gasteiger partial charge in [-0.2, -0.15) is 0 Å². The van der Waals surface area contributed by atoms with Crippen LogP contribution in [-0.4, -0.2) is 28.5 Å². The molecule has 0 atom stereocenters. The minimum Gasteiger partial charge on any atom is -0.495 e. The van der Waals surface area contributed by atoms with E-state index in [9.17, 15) is 10.1 Å². The summed E-state index contributed by atoms with van der Waals surface area (Å²) in [4.78, 5) is 19.3. The van der Waals surface area contributed by atoms with Crippen LogP contribution in [-0.2, 0) is 0 Å². The lowest BCUT2D eigenvalue weighted by Gasteiger charge is -2.14. The summed E-state index contributed by atoms with van der Waals surface area (Å²) >= 11 is 6.04.